The third kappa shape index (κ3) is 4.49. The van der Waals surface area contributed by atoms with E-state index in [4.69, 9.17) is 5.73 Å². The Bertz CT molecular complexity index is 418. The standard InChI is InChI=1S/C12H15N3O/c1-14-8-3-2-5-10-6-4-7-11(9-10)15-12(13)16/h4,6-7,9,14H,3,8H2,1H3,(H3,13,15,16). The van der Waals surface area contributed by atoms with Crippen LogP contribution in [0.25, 0.3) is 0 Å². The van der Waals surface area contributed by atoms with E-state index >= 15 is 0 Å². The summed E-state index contributed by atoms with van der Waals surface area (Å²) >= 11 is 0. The smallest absolute Gasteiger partial charge is 0.316 e. The summed E-state index contributed by atoms with van der Waals surface area (Å²) in [6, 6.07) is 6.70. The van der Waals surface area contributed by atoms with Gasteiger partial charge in [-0.2, -0.15) is 0 Å². The quantitative estimate of drug-likeness (QED) is 0.525. The van der Waals surface area contributed by atoms with Gasteiger partial charge in [0.15, 0.2) is 0 Å². The molecule has 0 fully saturated rings. The molecule has 2 amide bonds. The summed E-state index contributed by atoms with van der Waals surface area (Å²) in [6.07, 6.45) is 0.796. The molecule has 0 unspecified atom stereocenters. The number of anilines is 1. The Morgan fingerprint density at radius 2 is 2.31 bits per heavy atom. The zero-order chi connectivity index (χ0) is 11.8. The van der Waals surface area contributed by atoms with Crippen molar-refractivity contribution < 1.29 is 4.79 Å². The highest BCUT2D eigenvalue weighted by molar-refractivity contribution is 5.87. The van der Waals surface area contributed by atoms with Crippen molar-refractivity contribution in [3.8, 4) is 11.8 Å². The van der Waals surface area contributed by atoms with E-state index in [0.29, 0.717) is 5.69 Å². The molecule has 1 aromatic rings. The average molecular weight is 217 g/mol. The van der Waals surface area contributed by atoms with Crippen molar-refractivity contribution in [1.82, 2.24) is 5.32 Å². The van der Waals surface area contributed by atoms with Crippen molar-refractivity contribution in [1.29, 1.82) is 0 Å². The van der Waals surface area contributed by atoms with Crippen LogP contribution >= 0.6 is 0 Å². The molecule has 1 aromatic carbocycles. The zero-order valence-electron chi connectivity index (χ0n) is 9.21. The van der Waals surface area contributed by atoms with Crippen LogP contribution in [-0.2, 0) is 0 Å². The molecule has 1 rings (SSSR count). The fourth-order valence-corrected chi connectivity index (χ4v) is 1.17. The van der Waals surface area contributed by atoms with Crippen LogP contribution in [0.1, 0.15) is 12.0 Å². The molecule has 0 aromatic heterocycles. The molecule has 4 N–H and O–H groups in total. The van der Waals surface area contributed by atoms with E-state index in [1.54, 1.807) is 12.1 Å². The highest BCUT2D eigenvalue weighted by Gasteiger charge is 1.95. The van der Waals surface area contributed by atoms with E-state index in [0.717, 1.165) is 18.5 Å². The molecule has 0 bridgehead atoms. The lowest BCUT2D eigenvalue weighted by Gasteiger charge is -2.00. The van der Waals surface area contributed by atoms with Gasteiger partial charge in [0.25, 0.3) is 0 Å². The highest BCUT2D eigenvalue weighted by atomic mass is 16.2. The summed E-state index contributed by atoms with van der Waals surface area (Å²) in [7, 11) is 1.89. The van der Waals surface area contributed by atoms with E-state index in [9.17, 15) is 4.79 Å². The van der Waals surface area contributed by atoms with Gasteiger partial charge in [0.05, 0.1) is 0 Å². The predicted octanol–water partition coefficient (Wildman–Crippen LogP) is 1.14. The van der Waals surface area contributed by atoms with Crippen molar-refractivity contribution in [2.24, 2.45) is 5.73 Å². The van der Waals surface area contributed by atoms with Crippen LogP contribution in [0.3, 0.4) is 0 Å². The van der Waals surface area contributed by atoms with Gasteiger partial charge in [-0.15, -0.1) is 0 Å². The molecular weight excluding hydrogens is 202 g/mol. The molecule has 0 heterocycles. The minimum Gasteiger partial charge on any atom is -0.351 e. The molecule has 0 radical (unpaired) electrons. The Balaban J connectivity index is 2.65. The van der Waals surface area contributed by atoms with E-state index in [-0.39, 0.29) is 0 Å². The SMILES string of the molecule is CNCCC#Cc1cccc(NC(N)=O)c1. The summed E-state index contributed by atoms with van der Waals surface area (Å²) < 4.78 is 0. The normalized spacial score (nSPS) is 9.06. The number of amides is 2. The molecule has 0 saturated heterocycles. The third-order valence-corrected chi connectivity index (χ3v) is 1.86. The minimum absolute atomic E-state index is 0.569. The summed E-state index contributed by atoms with van der Waals surface area (Å²) in [4.78, 5) is 10.6. The van der Waals surface area contributed by atoms with E-state index in [1.165, 1.54) is 0 Å². The van der Waals surface area contributed by atoms with E-state index < -0.39 is 6.03 Å². The number of carbonyl (C=O) groups excluding carboxylic acids is 1. The summed E-state index contributed by atoms with van der Waals surface area (Å²) in [5, 5.41) is 5.52. The van der Waals surface area contributed by atoms with Gasteiger partial charge in [-0.05, 0) is 25.2 Å². The Hall–Kier alpha value is -1.99. The second-order valence-corrected chi connectivity index (χ2v) is 3.23. The number of nitrogens with one attached hydrogen (secondary N) is 2. The van der Waals surface area contributed by atoms with Gasteiger partial charge in [0.1, 0.15) is 0 Å². The molecular formula is C12H15N3O. The lowest BCUT2D eigenvalue weighted by molar-refractivity contribution is 0.259. The second kappa shape index (κ2) is 6.49. The molecule has 0 aliphatic carbocycles. The number of benzene rings is 1. The summed E-state index contributed by atoms with van der Waals surface area (Å²) in [6.45, 7) is 0.867. The number of rotatable bonds is 3. The lowest BCUT2D eigenvalue weighted by atomic mass is 10.2. The fourth-order valence-electron chi connectivity index (χ4n) is 1.17. The predicted molar refractivity (Wildman–Crippen MR) is 65.1 cm³/mol. The van der Waals surface area contributed by atoms with Gasteiger partial charge in [0.2, 0.25) is 0 Å². The Morgan fingerprint density at radius 1 is 1.50 bits per heavy atom. The molecule has 4 nitrogen and oxygen atoms in total. The number of hydrogen-bond donors (Lipinski definition) is 3. The fraction of sp³-hybridized carbons (Fsp3) is 0.250. The van der Waals surface area contributed by atoms with E-state index in [1.807, 2.05) is 19.2 Å². The molecule has 0 saturated carbocycles. The third-order valence-electron chi connectivity index (χ3n) is 1.86. The largest absolute Gasteiger partial charge is 0.351 e. The van der Waals surface area contributed by atoms with Gasteiger partial charge in [-0.3, -0.25) is 0 Å². The maximum atomic E-state index is 10.6. The van der Waals surface area contributed by atoms with Crippen molar-refractivity contribution in [2.75, 3.05) is 18.9 Å². The topological polar surface area (TPSA) is 67.2 Å². The lowest BCUT2D eigenvalue weighted by Crippen LogP contribution is -2.19. The zero-order valence-corrected chi connectivity index (χ0v) is 9.21. The number of nitrogens with two attached hydrogens (primary N) is 1. The Kier molecular flexibility index (Phi) is 4.90. The van der Waals surface area contributed by atoms with Crippen LogP contribution in [0, 0.1) is 11.8 Å². The number of urea groups is 1. The highest BCUT2D eigenvalue weighted by Crippen LogP contribution is 2.09. The number of carbonyl (C=O) groups is 1. The van der Waals surface area contributed by atoms with E-state index in [2.05, 4.69) is 22.5 Å². The average Bonchev–Trinajstić information content (AvgIpc) is 2.24. The van der Waals surface area contributed by atoms with Crippen molar-refractivity contribution in [2.45, 2.75) is 6.42 Å². The Morgan fingerprint density at radius 3 is 3.00 bits per heavy atom. The molecule has 0 aliphatic heterocycles. The van der Waals surface area contributed by atoms with Crippen LogP contribution in [0.15, 0.2) is 24.3 Å². The van der Waals surface area contributed by atoms with Gasteiger partial charge in [-0.1, -0.05) is 17.9 Å². The number of primary amides is 1. The first kappa shape index (κ1) is 12.1. The summed E-state index contributed by atoms with van der Waals surface area (Å²) in [5.41, 5.74) is 6.54. The van der Waals surface area contributed by atoms with Crippen LogP contribution in [0.4, 0.5) is 10.5 Å². The Labute approximate surface area is 95.2 Å². The van der Waals surface area contributed by atoms with Crippen LogP contribution in [-0.4, -0.2) is 19.6 Å². The van der Waals surface area contributed by atoms with Gasteiger partial charge in [0, 0.05) is 24.2 Å². The first-order valence-electron chi connectivity index (χ1n) is 5.02. The molecule has 84 valence electrons. The summed E-state index contributed by atoms with van der Waals surface area (Å²) in [5.74, 6) is 6.04. The van der Waals surface area contributed by atoms with Gasteiger partial charge < -0.3 is 16.4 Å². The minimum atomic E-state index is -0.569. The van der Waals surface area contributed by atoms with Crippen molar-refractivity contribution in [3.05, 3.63) is 29.8 Å². The van der Waals surface area contributed by atoms with Crippen LogP contribution in [0.2, 0.25) is 0 Å². The molecule has 16 heavy (non-hydrogen) atoms. The molecule has 0 atom stereocenters. The maximum Gasteiger partial charge on any atom is 0.316 e. The molecule has 0 aliphatic rings. The first-order chi connectivity index (χ1) is 7.72. The number of hydrogen-bond acceptors (Lipinski definition) is 2. The first-order valence-corrected chi connectivity index (χ1v) is 5.02. The van der Waals surface area contributed by atoms with Crippen LogP contribution < -0.4 is 16.4 Å². The maximum absolute atomic E-state index is 10.6. The monoisotopic (exact) mass is 217 g/mol. The molecule has 4 heteroatoms. The van der Waals surface area contributed by atoms with Crippen molar-refractivity contribution in [3.63, 3.8) is 0 Å². The van der Waals surface area contributed by atoms with Crippen LogP contribution in [0.5, 0.6) is 0 Å². The molecule has 0 spiro atoms. The second-order valence-electron chi connectivity index (χ2n) is 3.23. The van der Waals surface area contributed by atoms with Gasteiger partial charge in [-0.25, -0.2) is 4.79 Å². The van der Waals surface area contributed by atoms with Crippen molar-refractivity contribution >= 4 is 11.7 Å². The van der Waals surface area contributed by atoms with Gasteiger partial charge >= 0.3 is 6.03 Å².